The van der Waals surface area contributed by atoms with Crippen molar-refractivity contribution in [3.63, 3.8) is 0 Å². The number of rotatable bonds is 6. The topological polar surface area (TPSA) is 29.3 Å². The molecular formula is C16H24N2. The Morgan fingerprint density at radius 1 is 1.22 bits per heavy atom. The van der Waals surface area contributed by atoms with Gasteiger partial charge in [0.2, 0.25) is 0 Å². The minimum absolute atomic E-state index is 0.430. The Morgan fingerprint density at radius 2 is 1.94 bits per heavy atom. The van der Waals surface area contributed by atoms with Gasteiger partial charge >= 0.3 is 0 Å². The summed E-state index contributed by atoms with van der Waals surface area (Å²) in [6, 6.07) is 10.2. The fourth-order valence-corrected chi connectivity index (χ4v) is 3.16. The Kier molecular flexibility index (Phi) is 3.40. The second-order valence-electron chi connectivity index (χ2n) is 5.72. The number of benzene rings is 1. The molecule has 3 rings (SSSR count). The minimum atomic E-state index is 0.430. The lowest BCUT2D eigenvalue weighted by Crippen LogP contribution is -2.35. The van der Waals surface area contributed by atoms with E-state index in [1.165, 1.54) is 31.2 Å². The zero-order valence-corrected chi connectivity index (χ0v) is 11.3. The summed E-state index contributed by atoms with van der Waals surface area (Å²) in [5.41, 5.74) is 9.15. The summed E-state index contributed by atoms with van der Waals surface area (Å²) in [6.45, 7) is 4.13. The van der Waals surface area contributed by atoms with Crippen molar-refractivity contribution in [1.29, 1.82) is 0 Å². The van der Waals surface area contributed by atoms with Crippen LogP contribution in [0.25, 0.3) is 0 Å². The molecule has 18 heavy (non-hydrogen) atoms. The summed E-state index contributed by atoms with van der Waals surface area (Å²) in [6.07, 6.45) is 5.44. The summed E-state index contributed by atoms with van der Waals surface area (Å²) in [7, 11) is 0. The van der Waals surface area contributed by atoms with E-state index in [4.69, 9.17) is 5.73 Å². The van der Waals surface area contributed by atoms with Gasteiger partial charge in [0.25, 0.3) is 0 Å². The first-order valence-corrected chi connectivity index (χ1v) is 7.39. The lowest BCUT2D eigenvalue weighted by Gasteiger charge is -2.31. The van der Waals surface area contributed by atoms with E-state index < -0.39 is 0 Å². The van der Waals surface area contributed by atoms with E-state index in [1.807, 2.05) is 0 Å². The van der Waals surface area contributed by atoms with Crippen LogP contribution in [0.5, 0.6) is 0 Å². The molecule has 2 heteroatoms. The zero-order chi connectivity index (χ0) is 12.5. The van der Waals surface area contributed by atoms with Crippen LogP contribution in [0, 0.1) is 0 Å². The van der Waals surface area contributed by atoms with Crippen LogP contribution >= 0.6 is 0 Å². The van der Waals surface area contributed by atoms with Gasteiger partial charge in [-0.2, -0.15) is 0 Å². The number of hydrogen-bond donors (Lipinski definition) is 1. The van der Waals surface area contributed by atoms with Crippen LogP contribution < -0.4 is 5.73 Å². The quantitative estimate of drug-likeness (QED) is 0.833. The Morgan fingerprint density at radius 3 is 2.50 bits per heavy atom. The molecule has 1 unspecified atom stereocenters. The molecular weight excluding hydrogens is 220 g/mol. The maximum Gasteiger partial charge on any atom is 0.0476 e. The first-order valence-electron chi connectivity index (χ1n) is 7.39. The summed E-state index contributed by atoms with van der Waals surface area (Å²) >= 11 is 0. The van der Waals surface area contributed by atoms with Crippen molar-refractivity contribution in [3.8, 4) is 0 Å². The number of nitrogens with zero attached hydrogens (tertiary/aromatic N) is 1. The number of hydrogen-bond acceptors (Lipinski definition) is 2. The first-order chi connectivity index (χ1) is 8.85. The summed E-state index contributed by atoms with van der Waals surface area (Å²) < 4.78 is 0. The average Bonchev–Trinajstić information content (AvgIpc) is 3.29. The molecule has 0 amide bonds. The van der Waals surface area contributed by atoms with Crippen molar-refractivity contribution in [1.82, 2.24) is 4.90 Å². The van der Waals surface area contributed by atoms with Crippen molar-refractivity contribution in [3.05, 3.63) is 35.4 Å². The third-order valence-electron chi connectivity index (χ3n) is 4.38. The monoisotopic (exact) mass is 244 g/mol. The fourth-order valence-electron chi connectivity index (χ4n) is 3.16. The highest BCUT2D eigenvalue weighted by atomic mass is 15.2. The van der Waals surface area contributed by atoms with Crippen LogP contribution in [-0.2, 0) is 0 Å². The second-order valence-corrected chi connectivity index (χ2v) is 5.72. The molecule has 0 aliphatic heterocycles. The molecule has 1 atom stereocenters. The van der Waals surface area contributed by atoms with Crippen molar-refractivity contribution in [2.45, 2.75) is 50.6 Å². The van der Waals surface area contributed by atoms with Gasteiger partial charge in [-0.25, -0.2) is 0 Å². The maximum absolute atomic E-state index is 6.09. The Hall–Kier alpha value is -0.860. The molecule has 0 heterocycles. The van der Waals surface area contributed by atoms with Crippen molar-refractivity contribution in [2.24, 2.45) is 5.73 Å². The smallest absolute Gasteiger partial charge is 0.0476 e. The summed E-state index contributed by atoms with van der Waals surface area (Å²) in [4.78, 5) is 2.61. The van der Waals surface area contributed by atoms with E-state index in [2.05, 4.69) is 36.1 Å². The van der Waals surface area contributed by atoms with Crippen LogP contribution in [0.4, 0.5) is 0 Å². The van der Waals surface area contributed by atoms with Gasteiger partial charge in [-0.05, 0) is 49.3 Å². The van der Waals surface area contributed by atoms with Crippen LogP contribution in [-0.4, -0.2) is 24.0 Å². The van der Waals surface area contributed by atoms with Crippen LogP contribution in [0.2, 0.25) is 0 Å². The molecule has 2 aliphatic rings. The third kappa shape index (κ3) is 2.32. The minimum Gasteiger partial charge on any atom is -0.329 e. The third-order valence-corrected chi connectivity index (χ3v) is 4.38. The lowest BCUT2D eigenvalue weighted by molar-refractivity contribution is 0.201. The summed E-state index contributed by atoms with van der Waals surface area (Å²) in [5.74, 6) is 0.813. The summed E-state index contributed by atoms with van der Waals surface area (Å²) in [5, 5.41) is 0. The molecule has 98 valence electrons. The zero-order valence-electron chi connectivity index (χ0n) is 11.3. The van der Waals surface area contributed by atoms with Crippen LogP contribution in [0.1, 0.15) is 55.7 Å². The highest BCUT2D eigenvalue weighted by Crippen LogP contribution is 2.44. The largest absolute Gasteiger partial charge is 0.329 e. The van der Waals surface area contributed by atoms with Gasteiger partial charge in [0, 0.05) is 18.6 Å². The standard InChI is InChI=1S/C16H24N2/c1-2-18(13-9-10-13)16(11-17)15-6-4-3-5-14(15)12-7-8-12/h3-6,12-13,16H,2,7-11,17H2,1H3. The van der Waals surface area contributed by atoms with E-state index in [0.29, 0.717) is 6.04 Å². The van der Waals surface area contributed by atoms with Gasteiger partial charge in [-0.1, -0.05) is 31.2 Å². The van der Waals surface area contributed by atoms with Crippen LogP contribution in [0.3, 0.4) is 0 Å². The van der Waals surface area contributed by atoms with E-state index >= 15 is 0 Å². The molecule has 1 aromatic rings. The lowest BCUT2D eigenvalue weighted by atomic mass is 9.96. The first kappa shape index (κ1) is 12.2. The molecule has 0 aromatic heterocycles. The predicted molar refractivity (Wildman–Crippen MR) is 75.6 cm³/mol. The highest BCUT2D eigenvalue weighted by molar-refractivity contribution is 5.36. The van der Waals surface area contributed by atoms with E-state index in [-0.39, 0.29) is 0 Å². The number of nitrogens with two attached hydrogens (primary N) is 1. The Labute approximate surface area is 110 Å². The van der Waals surface area contributed by atoms with Crippen molar-refractivity contribution < 1.29 is 0 Å². The molecule has 2 nitrogen and oxygen atoms in total. The van der Waals surface area contributed by atoms with E-state index in [0.717, 1.165) is 25.0 Å². The molecule has 2 aliphatic carbocycles. The molecule has 1 aromatic carbocycles. The van der Waals surface area contributed by atoms with Gasteiger partial charge in [-0.15, -0.1) is 0 Å². The Bertz CT molecular complexity index is 407. The average molecular weight is 244 g/mol. The SMILES string of the molecule is CCN(C1CC1)C(CN)c1ccccc1C1CC1. The van der Waals surface area contributed by atoms with E-state index in [9.17, 15) is 0 Å². The van der Waals surface area contributed by atoms with Gasteiger partial charge in [0.05, 0.1) is 0 Å². The van der Waals surface area contributed by atoms with Gasteiger partial charge in [0.1, 0.15) is 0 Å². The normalized spacial score (nSPS) is 21.3. The molecule has 0 bridgehead atoms. The predicted octanol–water partition coefficient (Wildman–Crippen LogP) is 3.05. The van der Waals surface area contributed by atoms with Gasteiger partial charge in [-0.3, -0.25) is 4.90 Å². The molecule has 2 fully saturated rings. The fraction of sp³-hybridized carbons (Fsp3) is 0.625. The molecule has 0 spiro atoms. The molecule has 0 saturated heterocycles. The second kappa shape index (κ2) is 5.02. The highest BCUT2D eigenvalue weighted by Gasteiger charge is 2.35. The Balaban J connectivity index is 1.90. The number of likely N-dealkylation sites (N-methyl/N-ethyl adjacent to an activating group) is 1. The maximum atomic E-state index is 6.09. The van der Waals surface area contributed by atoms with Crippen molar-refractivity contribution in [2.75, 3.05) is 13.1 Å². The van der Waals surface area contributed by atoms with E-state index in [1.54, 1.807) is 5.56 Å². The van der Waals surface area contributed by atoms with Gasteiger partial charge < -0.3 is 5.73 Å². The van der Waals surface area contributed by atoms with Crippen LogP contribution in [0.15, 0.2) is 24.3 Å². The van der Waals surface area contributed by atoms with Crippen molar-refractivity contribution >= 4 is 0 Å². The van der Waals surface area contributed by atoms with Gasteiger partial charge in [0.15, 0.2) is 0 Å². The molecule has 2 saturated carbocycles. The molecule has 0 radical (unpaired) electrons. The molecule has 2 N–H and O–H groups in total.